The highest BCUT2D eigenvalue weighted by Crippen LogP contribution is 2.14. The van der Waals surface area contributed by atoms with Crippen LogP contribution < -0.4 is 10.1 Å². The van der Waals surface area contributed by atoms with Crippen molar-refractivity contribution in [2.75, 3.05) is 5.32 Å². The van der Waals surface area contributed by atoms with Crippen LogP contribution in [0.3, 0.4) is 0 Å². The summed E-state index contributed by atoms with van der Waals surface area (Å²) < 4.78 is 28.2. The first-order valence-corrected chi connectivity index (χ1v) is 6.10. The lowest BCUT2D eigenvalue weighted by Gasteiger charge is -2.07. The fraction of sp³-hybridized carbons (Fsp3) is 0.214. The van der Waals surface area contributed by atoms with Gasteiger partial charge in [0.05, 0.1) is 18.4 Å². The second kappa shape index (κ2) is 6.61. The number of anilines is 1. The molecule has 2 aromatic heterocycles. The van der Waals surface area contributed by atoms with Gasteiger partial charge in [0.15, 0.2) is 0 Å². The number of hydrogen-bond donors (Lipinski definition) is 1. The molecule has 0 bridgehead atoms. The van der Waals surface area contributed by atoms with Gasteiger partial charge in [0.1, 0.15) is 23.3 Å². The third-order valence-electron chi connectivity index (χ3n) is 2.68. The number of hydrogen-bond acceptors (Lipinski definition) is 5. The molecule has 0 aromatic carbocycles. The Bertz CT molecular complexity index is 653. The van der Waals surface area contributed by atoms with Crippen LogP contribution in [-0.4, -0.2) is 16.6 Å². The van der Waals surface area contributed by atoms with Crippen LogP contribution in [0.2, 0.25) is 0 Å². The van der Waals surface area contributed by atoms with E-state index in [-0.39, 0.29) is 5.75 Å². The van der Waals surface area contributed by atoms with Crippen LogP contribution in [0.15, 0.2) is 30.5 Å². The Labute approximate surface area is 120 Å². The summed E-state index contributed by atoms with van der Waals surface area (Å²) in [5.74, 6) is 0.556. The van der Waals surface area contributed by atoms with E-state index in [1.807, 2.05) is 6.07 Å². The third kappa shape index (κ3) is 4.11. The van der Waals surface area contributed by atoms with Gasteiger partial charge in [-0.25, -0.2) is 4.98 Å². The highest BCUT2D eigenvalue weighted by Gasteiger charge is 2.05. The Morgan fingerprint density at radius 3 is 2.76 bits per heavy atom. The minimum Gasteiger partial charge on any atom is -0.433 e. The van der Waals surface area contributed by atoms with E-state index in [1.54, 1.807) is 25.1 Å². The second-order valence-corrected chi connectivity index (χ2v) is 4.19. The summed E-state index contributed by atoms with van der Waals surface area (Å²) >= 11 is 0. The molecule has 0 amide bonds. The monoisotopic (exact) mass is 290 g/mol. The highest BCUT2D eigenvalue weighted by atomic mass is 19.3. The topological polar surface area (TPSA) is 70.8 Å². The summed E-state index contributed by atoms with van der Waals surface area (Å²) in [6, 6.07) is 8.54. The maximum absolute atomic E-state index is 12.0. The van der Waals surface area contributed by atoms with E-state index in [0.717, 1.165) is 5.56 Å². The van der Waals surface area contributed by atoms with E-state index >= 15 is 0 Å². The predicted molar refractivity (Wildman–Crippen MR) is 71.9 cm³/mol. The first kappa shape index (κ1) is 14.7. The Hall–Kier alpha value is -2.75. The number of alkyl halides is 2. The fourth-order valence-corrected chi connectivity index (χ4v) is 1.61. The van der Waals surface area contributed by atoms with Crippen molar-refractivity contribution in [2.45, 2.75) is 20.1 Å². The number of aromatic nitrogens is 2. The summed E-state index contributed by atoms with van der Waals surface area (Å²) in [5, 5.41) is 11.9. The number of pyridine rings is 2. The quantitative estimate of drug-likeness (QED) is 0.916. The molecule has 0 atom stereocenters. The summed E-state index contributed by atoms with van der Waals surface area (Å²) in [5.41, 5.74) is 1.79. The summed E-state index contributed by atoms with van der Waals surface area (Å²) in [7, 11) is 0. The van der Waals surface area contributed by atoms with Gasteiger partial charge in [0.2, 0.25) is 0 Å². The molecule has 2 aromatic rings. The van der Waals surface area contributed by atoms with E-state index in [9.17, 15) is 8.78 Å². The molecule has 0 saturated carbocycles. The van der Waals surface area contributed by atoms with Gasteiger partial charge in [-0.3, -0.25) is 4.98 Å². The number of ether oxygens (including phenoxy) is 1. The number of aryl methyl sites for hydroxylation is 1. The third-order valence-corrected chi connectivity index (χ3v) is 2.68. The fourth-order valence-electron chi connectivity index (χ4n) is 1.61. The molecule has 0 unspecified atom stereocenters. The van der Waals surface area contributed by atoms with Gasteiger partial charge in [-0.05, 0) is 30.7 Å². The van der Waals surface area contributed by atoms with Gasteiger partial charge < -0.3 is 10.1 Å². The number of nitriles is 1. The SMILES string of the molecule is Cc1ccc(NCc2ccc(OC(F)F)cn2)nc1C#N. The van der Waals surface area contributed by atoms with Crippen molar-refractivity contribution in [3.63, 3.8) is 0 Å². The zero-order chi connectivity index (χ0) is 15.2. The van der Waals surface area contributed by atoms with Crippen molar-refractivity contribution in [3.05, 3.63) is 47.4 Å². The van der Waals surface area contributed by atoms with Crippen molar-refractivity contribution < 1.29 is 13.5 Å². The van der Waals surface area contributed by atoms with Crippen molar-refractivity contribution in [1.82, 2.24) is 9.97 Å². The van der Waals surface area contributed by atoms with Gasteiger partial charge >= 0.3 is 6.61 Å². The lowest BCUT2D eigenvalue weighted by Crippen LogP contribution is -2.06. The molecular weight excluding hydrogens is 278 g/mol. The molecule has 5 nitrogen and oxygen atoms in total. The molecule has 0 spiro atoms. The lowest BCUT2D eigenvalue weighted by molar-refractivity contribution is -0.0500. The van der Waals surface area contributed by atoms with Gasteiger partial charge in [-0.15, -0.1) is 0 Å². The maximum atomic E-state index is 12.0. The lowest BCUT2D eigenvalue weighted by atomic mass is 10.2. The molecular formula is C14H12F2N4O. The molecule has 0 fully saturated rings. The summed E-state index contributed by atoms with van der Waals surface area (Å²) in [6.07, 6.45) is 1.23. The minimum atomic E-state index is -2.86. The Kier molecular flexibility index (Phi) is 4.61. The van der Waals surface area contributed by atoms with Crippen LogP contribution in [0.4, 0.5) is 14.6 Å². The van der Waals surface area contributed by atoms with Crippen molar-refractivity contribution in [2.24, 2.45) is 0 Å². The van der Waals surface area contributed by atoms with E-state index in [1.165, 1.54) is 12.3 Å². The van der Waals surface area contributed by atoms with Crippen molar-refractivity contribution in [1.29, 1.82) is 5.26 Å². The molecule has 2 heterocycles. The average molecular weight is 290 g/mol. The van der Waals surface area contributed by atoms with Crippen LogP contribution in [0.5, 0.6) is 5.75 Å². The largest absolute Gasteiger partial charge is 0.433 e. The molecule has 0 aliphatic rings. The van der Waals surface area contributed by atoms with Crippen LogP contribution in [0.25, 0.3) is 0 Å². The Morgan fingerprint density at radius 2 is 2.14 bits per heavy atom. The molecule has 2 rings (SSSR count). The van der Waals surface area contributed by atoms with E-state index in [4.69, 9.17) is 5.26 Å². The summed E-state index contributed by atoms with van der Waals surface area (Å²) in [6.45, 7) is -0.703. The van der Waals surface area contributed by atoms with Gasteiger partial charge in [-0.2, -0.15) is 14.0 Å². The normalized spacial score (nSPS) is 10.2. The molecule has 0 saturated heterocycles. The van der Waals surface area contributed by atoms with Crippen LogP contribution >= 0.6 is 0 Å². The average Bonchev–Trinajstić information content (AvgIpc) is 2.47. The molecule has 1 N–H and O–H groups in total. The zero-order valence-electron chi connectivity index (χ0n) is 11.2. The Balaban J connectivity index is 1.98. The van der Waals surface area contributed by atoms with Crippen molar-refractivity contribution >= 4 is 5.82 Å². The minimum absolute atomic E-state index is 0.00831. The Morgan fingerprint density at radius 1 is 1.33 bits per heavy atom. The van der Waals surface area contributed by atoms with E-state index < -0.39 is 6.61 Å². The molecule has 21 heavy (non-hydrogen) atoms. The van der Waals surface area contributed by atoms with Crippen LogP contribution in [0.1, 0.15) is 17.0 Å². The van der Waals surface area contributed by atoms with Gasteiger partial charge in [-0.1, -0.05) is 6.07 Å². The number of nitrogens with zero attached hydrogens (tertiary/aromatic N) is 3. The molecule has 0 radical (unpaired) electrons. The number of halogens is 2. The van der Waals surface area contributed by atoms with E-state index in [2.05, 4.69) is 20.0 Å². The van der Waals surface area contributed by atoms with Gasteiger partial charge in [0.25, 0.3) is 0 Å². The molecule has 0 aliphatic carbocycles. The number of rotatable bonds is 5. The van der Waals surface area contributed by atoms with Crippen molar-refractivity contribution in [3.8, 4) is 11.8 Å². The number of nitrogens with one attached hydrogen (secondary N) is 1. The molecule has 108 valence electrons. The van der Waals surface area contributed by atoms with Gasteiger partial charge in [0, 0.05) is 0 Å². The second-order valence-electron chi connectivity index (χ2n) is 4.19. The van der Waals surface area contributed by atoms with Crippen LogP contribution in [-0.2, 0) is 6.54 Å². The summed E-state index contributed by atoms with van der Waals surface area (Å²) in [4.78, 5) is 8.13. The zero-order valence-corrected chi connectivity index (χ0v) is 11.2. The van der Waals surface area contributed by atoms with E-state index in [0.29, 0.717) is 23.8 Å². The highest BCUT2D eigenvalue weighted by molar-refractivity contribution is 5.42. The predicted octanol–water partition coefficient (Wildman–Crippen LogP) is 2.87. The molecule has 0 aliphatic heterocycles. The van der Waals surface area contributed by atoms with Crippen LogP contribution in [0, 0.1) is 18.3 Å². The smallest absolute Gasteiger partial charge is 0.387 e. The standard InChI is InChI=1S/C14H12F2N4O/c1-9-2-5-13(20-12(9)6-17)19-7-10-3-4-11(8-18-10)21-14(15)16/h2-5,8,14H,7H2,1H3,(H,19,20). The molecule has 7 heteroatoms. The first-order chi connectivity index (χ1) is 10.1. The first-order valence-electron chi connectivity index (χ1n) is 6.10. The maximum Gasteiger partial charge on any atom is 0.387 e.